The second kappa shape index (κ2) is 16.1. The van der Waals surface area contributed by atoms with Gasteiger partial charge < -0.3 is 20.1 Å². The quantitative estimate of drug-likeness (QED) is 0.196. The Morgan fingerprint density at radius 1 is 1.22 bits per heavy atom. The average molecular weight is 511 g/mol. The molecule has 0 aliphatic rings. The van der Waals surface area contributed by atoms with Crippen molar-refractivity contribution in [1.82, 2.24) is 10.6 Å². The molecule has 0 aromatic heterocycles. The van der Waals surface area contributed by atoms with E-state index in [9.17, 15) is 4.21 Å². The summed E-state index contributed by atoms with van der Waals surface area (Å²) in [7, 11) is 0.859. The van der Waals surface area contributed by atoms with Crippen molar-refractivity contribution >= 4 is 40.7 Å². The molecule has 2 atom stereocenters. The molecule has 2 N–H and O–H groups in total. The van der Waals surface area contributed by atoms with Crippen molar-refractivity contribution in [3.63, 3.8) is 0 Å². The molecule has 156 valence electrons. The Morgan fingerprint density at radius 3 is 2.48 bits per heavy atom. The lowest BCUT2D eigenvalue weighted by Gasteiger charge is -2.14. The molecular formula is C19H34IN3O3S. The number of halogens is 1. The molecule has 0 aliphatic heterocycles. The summed E-state index contributed by atoms with van der Waals surface area (Å²) >= 11 is 0. The third-order valence-corrected chi connectivity index (χ3v) is 5.32. The van der Waals surface area contributed by atoms with Crippen LogP contribution in [0.3, 0.4) is 0 Å². The minimum absolute atomic E-state index is 0. The van der Waals surface area contributed by atoms with E-state index in [1.807, 2.05) is 38.1 Å². The second-order valence-electron chi connectivity index (χ2n) is 6.01. The lowest BCUT2D eigenvalue weighted by atomic mass is 10.2. The van der Waals surface area contributed by atoms with Crippen LogP contribution >= 0.6 is 24.0 Å². The van der Waals surface area contributed by atoms with Crippen LogP contribution in [0.15, 0.2) is 29.3 Å². The van der Waals surface area contributed by atoms with E-state index in [4.69, 9.17) is 9.47 Å². The largest absolute Gasteiger partial charge is 0.497 e. The van der Waals surface area contributed by atoms with Crippen LogP contribution in [0.2, 0.25) is 0 Å². The minimum atomic E-state index is -0.800. The Hall–Kier alpha value is -0.870. The number of aliphatic imine (C=N–C) groups is 1. The molecule has 0 spiro atoms. The third kappa shape index (κ3) is 12.2. The summed E-state index contributed by atoms with van der Waals surface area (Å²) in [6.45, 7) is 7.59. The monoisotopic (exact) mass is 511 g/mol. The number of nitrogens with one attached hydrogen (secondary N) is 2. The van der Waals surface area contributed by atoms with Gasteiger partial charge in [-0.1, -0.05) is 19.1 Å². The van der Waals surface area contributed by atoms with E-state index in [1.165, 1.54) is 0 Å². The highest BCUT2D eigenvalue weighted by Crippen LogP contribution is 2.11. The molecule has 1 rings (SSSR count). The summed E-state index contributed by atoms with van der Waals surface area (Å²) in [6.07, 6.45) is 3.51. The lowest BCUT2D eigenvalue weighted by Crippen LogP contribution is -2.39. The molecule has 0 heterocycles. The average Bonchev–Trinajstić information content (AvgIpc) is 2.65. The highest BCUT2D eigenvalue weighted by molar-refractivity contribution is 14.0. The Bertz CT molecular complexity index is 556. The van der Waals surface area contributed by atoms with Gasteiger partial charge in [0.2, 0.25) is 0 Å². The zero-order valence-electron chi connectivity index (χ0n) is 16.8. The van der Waals surface area contributed by atoms with E-state index in [0.29, 0.717) is 6.54 Å². The van der Waals surface area contributed by atoms with E-state index < -0.39 is 10.8 Å². The van der Waals surface area contributed by atoms with Crippen LogP contribution in [0.1, 0.15) is 32.3 Å². The van der Waals surface area contributed by atoms with Crippen LogP contribution < -0.4 is 15.4 Å². The first kappa shape index (κ1) is 26.1. The molecule has 0 aliphatic carbocycles. The predicted octanol–water partition coefficient (Wildman–Crippen LogP) is 2.93. The van der Waals surface area contributed by atoms with Gasteiger partial charge in [-0.2, -0.15) is 0 Å². The maximum atomic E-state index is 11.5. The molecule has 0 radical (unpaired) electrons. The first-order valence-corrected chi connectivity index (χ1v) is 10.7. The van der Waals surface area contributed by atoms with E-state index in [0.717, 1.165) is 56.4 Å². The fourth-order valence-corrected chi connectivity index (χ4v) is 2.61. The molecule has 8 heteroatoms. The molecular weight excluding hydrogens is 477 g/mol. The fraction of sp³-hybridized carbons (Fsp3) is 0.632. The van der Waals surface area contributed by atoms with Gasteiger partial charge in [0.25, 0.3) is 0 Å². The molecule has 0 amide bonds. The normalized spacial score (nSPS) is 13.4. The molecule has 27 heavy (non-hydrogen) atoms. The number of methoxy groups -OCH3 is 1. The standard InChI is InChI=1S/C19H33N3O3S.HI/c1-5-25-14-6-12-20-19(21-13-11-16(2)26(4)23)22-15-17-7-9-18(24-3)10-8-17;/h7-10,16H,5-6,11-15H2,1-4H3,(H2,20,21,22);1H. The Morgan fingerprint density at radius 2 is 1.89 bits per heavy atom. The van der Waals surface area contributed by atoms with Crippen molar-refractivity contribution in [1.29, 1.82) is 0 Å². The SMILES string of the molecule is CCOCCCNC(=NCc1ccc(OC)cc1)NCCC(C)S(C)=O.I. The van der Waals surface area contributed by atoms with Gasteiger partial charge >= 0.3 is 0 Å². The van der Waals surface area contributed by atoms with Gasteiger partial charge in [0.05, 0.1) is 13.7 Å². The topological polar surface area (TPSA) is 71.9 Å². The summed E-state index contributed by atoms with van der Waals surface area (Å²) in [4.78, 5) is 4.65. The first-order chi connectivity index (χ1) is 12.6. The van der Waals surface area contributed by atoms with Crippen molar-refractivity contribution in [2.45, 2.75) is 38.5 Å². The van der Waals surface area contributed by atoms with E-state index in [2.05, 4.69) is 15.6 Å². The molecule has 0 bridgehead atoms. The van der Waals surface area contributed by atoms with Crippen LogP contribution in [0.4, 0.5) is 0 Å². The van der Waals surface area contributed by atoms with E-state index in [-0.39, 0.29) is 29.2 Å². The number of nitrogens with zero attached hydrogens (tertiary/aromatic N) is 1. The molecule has 1 aromatic carbocycles. The van der Waals surface area contributed by atoms with Crippen LogP contribution in [0, 0.1) is 0 Å². The maximum absolute atomic E-state index is 11.5. The number of benzene rings is 1. The summed E-state index contributed by atoms with van der Waals surface area (Å²) in [5, 5.41) is 6.83. The fourth-order valence-electron chi connectivity index (χ4n) is 2.16. The Kier molecular flexibility index (Phi) is 15.6. The highest BCUT2D eigenvalue weighted by atomic mass is 127. The number of rotatable bonds is 12. The van der Waals surface area contributed by atoms with Gasteiger partial charge in [0.15, 0.2) is 5.96 Å². The first-order valence-electron chi connectivity index (χ1n) is 9.11. The summed E-state index contributed by atoms with van der Waals surface area (Å²) in [5.74, 6) is 1.61. The van der Waals surface area contributed by atoms with Gasteiger partial charge in [-0.3, -0.25) is 4.21 Å². The Balaban J connectivity index is 0.00000676. The van der Waals surface area contributed by atoms with Crippen molar-refractivity contribution < 1.29 is 13.7 Å². The number of ether oxygens (including phenoxy) is 2. The van der Waals surface area contributed by atoms with Crippen LogP contribution in [-0.4, -0.2) is 55.1 Å². The third-order valence-electron chi connectivity index (χ3n) is 3.95. The van der Waals surface area contributed by atoms with Crippen molar-refractivity contribution in [3.8, 4) is 5.75 Å². The predicted molar refractivity (Wildman–Crippen MR) is 125 cm³/mol. The zero-order chi connectivity index (χ0) is 19.2. The smallest absolute Gasteiger partial charge is 0.191 e. The second-order valence-corrected chi connectivity index (χ2v) is 7.82. The molecule has 0 saturated carbocycles. The summed E-state index contributed by atoms with van der Waals surface area (Å²) < 4.78 is 22.0. The maximum Gasteiger partial charge on any atom is 0.191 e. The number of guanidine groups is 1. The molecule has 2 unspecified atom stereocenters. The molecule has 0 saturated heterocycles. The minimum Gasteiger partial charge on any atom is -0.497 e. The van der Waals surface area contributed by atoms with Gasteiger partial charge in [-0.05, 0) is 37.5 Å². The van der Waals surface area contributed by atoms with Crippen LogP contribution in [0.5, 0.6) is 5.75 Å². The van der Waals surface area contributed by atoms with Crippen LogP contribution in [-0.2, 0) is 22.1 Å². The molecule has 6 nitrogen and oxygen atoms in total. The zero-order valence-corrected chi connectivity index (χ0v) is 20.0. The van der Waals surface area contributed by atoms with E-state index >= 15 is 0 Å². The summed E-state index contributed by atoms with van der Waals surface area (Å²) in [5.41, 5.74) is 1.12. The van der Waals surface area contributed by atoms with Gasteiger partial charge in [-0.25, -0.2) is 4.99 Å². The van der Waals surface area contributed by atoms with Gasteiger partial charge in [-0.15, -0.1) is 24.0 Å². The molecule has 1 aromatic rings. The van der Waals surface area contributed by atoms with Gasteiger partial charge in [0.1, 0.15) is 5.75 Å². The van der Waals surface area contributed by atoms with Crippen molar-refractivity contribution in [2.75, 3.05) is 39.7 Å². The van der Waals surface area contributed by atoms with Crippen molar-refractivity contribution in [3.05, 3.63) is 29.8 Å². The van der Waals surface area contributed by atoms with E-state index in [1.54, 1.807) is 13.4 Å². The summed E-state index contributed by atoms with van der Waals surface area (Å²) in [6, 6.07) is 7.89. The van der Waals surface area contributed by atoms with Gasteiger partial charge in [0, 0.05) is 48.6 Å². The van der Waals surface area contributed by atoms with Crippen molar-refractivity contribution in [2.24, 2.45) is 4.99 Å². The highest BCUT2D eigenvalue weighted by Gasteiger charge is 2.06. The Labute approximate surface area is 183 Å². The number of hydrogen-bond acceptors (Lipinski definition) is 4. The number of hydrogen-bond donors (Lipinski definition) is 2. The molecule has 0 fully saturated rings. The lowest BCUT2D eigenvalue weighted by molar-refractivity contribution is 0.145. The van der Waals surface area contributed by atoms with Crippen LogP contribution in [0.25, 0.3) is 0 Å².